The summed E-state index contributed by atoms with van der Waals surface area (Å²) in [5.41, 5.74) is 7.99. The topological polar surface area (TPSA) is 49.5 Å². The van der Waals surface area contributed by atoms with Gasteiger partial charge in [0.2, 0.25) is 0 Å². The molecule has 1 rings (SSSR count). The maximum atomic E-state index is 9.03. The van der Waals surface area contributed by atoms with Gasteiger partial charge in [-0.1, -0.05) is 28.1 Å². The third-order valence-electron chi connectivity index (χ3n) is 2.56. The molecule has 0 aromatic heterocycles. The van der Waals surface area contributed by atoms with Crippen LogP contribution < -0.4 is 10.6 Å². The largest absolute Gasteiger partial charge is 0.395 e. The van der Waals surface area contributed by atoms with Crippen LogP contribution in [0.4, 0.5) is 5.69 Å². The van der Waals surface area contributed by atoms with Gasteiger partial charge in [0.25, 0.3) is 0 Å². The third kappa shape index (κ3) is 3.84. The molecule has 0 aliphatic carbocycles. The molecule has 0 unspecified atom stereocenters. The Morgan fingerprint density at radius 3 is 2.76 bits per heavy atom. The molecule has 1 aromatic rings. The van der Waals surface area contributed by atoms with Crippen molar-refractivity contribution in [3.63, 3.8) is 0 Å². The first kappa shape index (κ1) is 14.2. The third-order valence-corrected chi connectivity index (χ3v) is 3.25. The van der Waals surface area contributed by atoms with Gasteiger partial charge < -0.3 is 15.7 Å². The summed E-state index contributed by atoms with van der Waals surface area (Å²) in [7, 11) is 0. The predicted molar refractivity (Wildman–Crippen MR) is 76.2 cm³/mol. The van der Waals surface area contributed by atoms with Gasteiger partial charge in [-0.2, -0.15) is 0 Å². The van der Waals surface area contributed by atoms with E-state index < -0.39 is 0 Å². The van der Waals surface area contributed by atoms with Gasteiger partial charge in [-0.05, 0) is 24.6 Å². The zero-order chi connectivity index (χ0) is 12.8. The van der Waals surface area contributed by atoms with Gasteiger partial charge in [0.15, 0.2) is 0 Å². The Morgan fingerprint density at radius 1 is 1.59 bits per heavy atom. The normalized spacial score (nSPS) is 12.2. The highest BCUT2D eigenvalue weighted by molar-refractivity contribution is 9.10. The monoisotopic (exact) mass is 298 g/mol. The van der Waals surface area contributed by atoms with Crippen LogP contribution in [0.1, 0.15) is 18.5 Å². The smallest absolute Gasteiger partial charge is 0.0606 e. The summed E-state index contributed by atoms with van der Waals surface area (Å²) in [6, 6.07) is 6.06. The Kier molecular flexibility index (Phi) is 5.68. The van der Waals surface area contributed by atoms with Crippen LogP contribution in [-0.4, -0.2) is 24.8 Å². The van der Waals surface area contributed by atoms with Crippen LogP contribution in [0.25, 0.3) is 0 Å². The molecule has 0 amide bonds. The molecule has 3 nitrogen and oxygen atoms in total. The van der Waals surface area contributed by atoms with Crippen molar-refractivity contribution in [1.29, 1.82) is 0 Å². The summed E-state index contributed by atoms with van der Waals surface area (Å²) in [6.07, 6.45) is 1.82. The molecule has 0 saturated heterocycles. The Morgan fingerprint density at radius 2 is 2.29 bits per heavy atom. The van der Waals surface area contributed by atoms with Crippen LogP contribution in [0.2, 0.25) is 0 Å². The van der Waals surface area contributed by atoms with E-state index >= 15 is 0 Å². The van der Waals surface area contributed by atoms with E-state index in [2.05, 4.69) is 27.4 Å². The molecule has 3 N–H and O–H groups in total. The second kappa shape index (κ2) is 6.79. The van der Waals surface area contributed by atoms with Crippen molar-refractivity contribution in [2.45, 2.75) is 13.0 Å². The molecular formula is C13H19BrN2O. The van der Waals surface area contributed by atoms with Crippen molar-refractivity contribution in [1.82, 2.24) is 0 Å². The average Bonchev–Trinajstić information content (AvgIpc) is 2.28. The number of nitrogens with zero attached hydrogens (tertiary/aromatic N) is 1. The van der Waals surface area contributed by atoms with Gasteiger partial charge in [-0.25, -0.2) is 0 Å². The van der Waals surface area contributed by atoms with Crippen molar-refractivity contribution in [2.24, 2.45) is 5.73 Å². The molecule has 17 heavy (non-hydrogen) atoms. The van der Waals surface area contributed by atoms with Crippen LogP contribution in [0.5, 0.6) is 0 Å². The average molecular weight is 299 g/mol. The molecule has 0 heterocycles. The maximum absolute atomic E-state index is 9.03. The second-order valence-corrected chi connectivity index (χ2v) is 4.81. The molecule has 4 heteroatoms. The molecule has 0 radical (unpaired) electrons. The van der Waals surface area contributed by atoms with Crippen LogP contribution in [0.3, 0.4) is 0 Å². The zero-order valence-electron chi connectivity index (χ0n) is 10.1. The van der Waals surface area contributed by atoms with Crippen molar-refractivity contribution >= 4 is 21.6 Å². The number of aliphatic hydroxyl groups excluding tert-OH is 1. The molecule has 0 aliphatic rings. The first-order chi connectivity index (χ1) is 8.10. The number of hydrogen-bond donors (Lipinski definition) is 2. The standard InChI is InChI=1S/C13H19BrN2O/c1-3-6-16(7-8-17)11-4-5-12(10(2)15)13(14)9-11/h3-5,9-10,17H,1,6-8,15H2,2H3/t10-/m1/s1. The van der Waals surface area contributed by atoms with Gasteiger partial charge in [0.1, 0.15) is 0 Å². The van der Waals surface area contributed by atoms with Gasteiger partial charge in [0, 0.05) is 29.3 Å². The first-order valence-electron chi connectivity index (χ1n) is 5.62. The number of rotatable bonds is 6. The van der Waals surface area contributed by atoms with E-state index in [0.29, 0.717) is 13.1 Å². The second-order valence-electron chi connectivity index (χ2n) is 3.95. The lowest BCUT2D eigenvalue weighted by Crippen LogP contribution is -2.26. The lowest BCUT2D eigenvalue weighted by Gasteiger charge is -2.23. The van der Waals surface area contributed by atoms with Gasteiger partial charge >= 0.3 is 0 Å². The van der Waals surface area contributed by atoms with Crippen LogP contribution in [-0.2, 0) is 0 Å². The fourth-order valence-electron chi connectivity index (χ4n) is 1.68. The van der Waals surface area contributed by atoms with Crippen LogP contribution >= 0.6 is 15.9 Å². The number of benzene rings is 1. The highest BCUT2D eigenvalue weighted by Gasteiger charge is 2.09. The first-order valence-corrected chi connectivity index (χ1v) is 6.41. The fourth-order valence-corrected chi connectivity index (χ4v) is 2.41. The molecule has 0 fully saturated rings. The summed E-state index contributed by atoms with van der Waals surface area (Å²) >= 11 is 3.52. The summed E-state index contributed by atoms with van der Waals surface area (Å²) < 4.78 is 0.997. The highest BCUT2D eigenvalue weighted by Crippen LogP contribution is 2.27. The zero-order valence-corrected chi connectivity index (χ0v) is 11.7. The SMILES string of the molecule is C=CCN(CCO)c1ccc([C@@H](C)N)c(Br)c1. The Hall–Kier alpha value is -0.840. The Balaban J connectivity index is 2.97. The van der Waals surface area contributed by atoms with Gasteiger partial charge in [0.05, 0.1) is 6.61 Å². The summed E-state index contributed by atoms with van der Waals surface area (Å²) in [5, 5.41) is 9.03. The minimum absolute atomic E-state index is 0.00382. The maximum Gasteiger partial charge on any atom is 0.0606 e. The lowest BCUT2D eigenvalue weighted by molar-refractivity contribution is 0.303. The molecular weight excluding hydrogens is 280 g/mol. The van der Waals surface area contributed by atoms with Crippen molar-refractivity contribution in [3.05, 3.63) is 40.9 Å². The minimum atomic E-state index is 0.00382. The highest BCUT2D eigenvalue weighted by atomic mass is 79.9. The minimum Gasteiger partial charge on any atom is -0.395 e. The summed E-state index contributed by atoms with van der Waals surface area (Å²) in [5.74, 6) is 0. The molecule has 0 saturated carbocycles. The van der Waals surface area contributed by atoms with E-state index in [1.807, 2.05) is 31.2 Å². The predicted octanol–water partition coefficient (Wildman–Crippen LogP) is 2.45. The Labute approximate surface area is 111 Å². The van der Waals surface area contributed by atoms with Crippen molar-refractivity contribution in [3.8, 4) is 0 Å². The quantitative estimate of drug-likeness (QED) is 0.793. The van der Waals surface area contributed by atoms with Gasteiger partial charge in [-0.15, -0.1) is 6.58 Å². The van der Waals surface area contributed by atoms with E-state index in [9.17, 15) is 0 Å². The van der Waals surface area contributed by atoms with Crippen molar-refractivity contribution in [2.75, 3.05) is 24.6 Å². The Bertz CT molecular complexity index is 380. The molecule has 0 bridgehead atoms. The molecule has 0 aliphatic heterocycles. The molecule has 1 atom stereocenters. The van der Waals surface area contributed by atoms with Crippen LogP contribution in [0, 0.1) is 0 Å². The molecule has 0 spiro atoms. The lowest BCUT2D eigenvalue weighted by atomic mass is 10.1. The summed E-state index contributed by atoms with van der Waals surface area (Å²) in [4.78, 5) is 2.06. The molecule has 94 valence electrons. The number of aliphatic hydroxyl groups is 1. The number of anilines is 1. The molecule has 1 aromatic carbocycles. The number of halogens is 1. The van der Waals surface area contributed by atoms with Gasteiger partial charge in [-0.3, -0.25) is 0 Å². The van der Waals surface area contributed by atoms with E-state index in [1.54, 1.807) is 0 Å². The van der Waals surface area contributed by atoms with Crippen LogP contribution in [0.15, 0.2) is 35.3 Å². The van der Waals surface area contributed by atoms with E-state index in [1.165, 1.54) is 0 Å². The van der Waals surface area contributed by atoms with E-state index in [4.69, 9.17) is 10.8 Å². The van der Waals surface area contributed by atoms with E-state index in [-0.39, 0.29) is 12.6 Å². The van der Waals surface area contributed by atoms with Crippen molar-refractivity contribution < 1.29 is 5.11 Å². The fraction of sp³-hybridized carbons (Fsp3) is 0.385. The number of nitrogens with two attached hydrogens (primary N) is 1. The number of hydrogen-bond acceptors (Lipinski definition) is 3. The summed E-state index contributed by atoms with van der Waals surface area (Å²) in [6.45, 7) is 7.11. The van der Waals surface area contributed by atoms with E-state index in [0.717, 1.165) is 15.7 Å².